The molecule has 5 heteroatoms. The number of ether oxygens (including phenoxy) is 2. The lowest BCUT2D eigenvalue weighted by molar-refractivity contribution is -0.123. The van der Waals surface area contributed by atoms with Crippen molar-refractivity contribution in [3.63, 3.8) is 0 Å². The van der Waals surface area contributed by atoms with Crippen LogP contribution in [0.25, 0.3) is 0 Å². The van der Waals surface area contributed by atoms with Gasteiger partial charge in [0.2, 0.25) is 0 Å². The average molecular weight is 280 g/mol. The lowest BCUT2D eigenvalue weighted by Gasteiger charge is -2.11. The van der Waals surface area contributed by atoms with Gasteiger partial charge in [-0.05, 0) is 46.1 Å². The molecule has 1 amide bonds. The molecule has 20 heavy (non-hydrogen) atoms. The normalized spacial score (nSPS) is 10.4. The molecular weight excluding hydrogens is 256 g/mol. The first-order chi connectivity index (χ1) is 9.61. The Morgan fingerprint density at radius 3 is 2.60 bits per heavy atom. The fourth-order valence-electron chi connectivity index (χ4n) is 1.64. The van der Waals surface area contributed by atoms with Crippen molar-refractivity contribution in [3.8, 4) is 11.5 Å². The molecule has 1 rings (SSSR count). The Morgan fingerprint density at radius 1 is 1.25 bits per heavy atom. The summed E-state index contributed by atoms with van der Waals surface area (Å²) in [6.45, 7) is 4.18. The number of hydrogen-bond donors (Lipinski definition) is 1. The Balaban J connectivity index is 2.25. The fourth-order valence-corrected chi connectivity index (χ4v) is 1.64. The molecule has 0 heterocycles. The second-order valence-corrected chi connectivity index (χ2v) is 4.70. The predicted octanol–water partition coefficient (Wildman–Crippen LogP) is 1.53. The van der Waals surface area contributed by atoms with Crippen molar-refractivity contribution in [2.45, 2.75) is 13.3 Å². The van der Waals surface area contributed by atoms with Crippen LogP contribution in [0.2, 0.25) is 0 Å². The number of benzene rings is 1. The van der Waals surface area contributed by atoms with E-state index >= 15 is 0 Å². The summed E-state index contributed by atoms with van der Waals surface area (Å²) in [4.78, 5) is 13.7. The van der Waals surface area contributed by atoms with Gasteiger partial charge < -0.3 is 19.7 Å². The fraction of sp³-hybridized carbons (Fsp3) is 0.533. The van der Waals surface area contributed by atoms with Crippen LogP contribution >= 0.6 is 0 Å². The van der Waals surface area contributed by atoms with Gasteiger partial charge >= 0.3 is 0 Å². The van der Waals surface area contributed by atoms with Crippen LogP contribution < -0.4 is 14.8 Å². The Kier molecular flexibility index (Phi) is 7.50. The average Bonchev–Trinajstić information content (AvgIpc) is 2.42. The highest BCUT2D eigenvalue weighted by molar-refractivity contribution is 5.77. The van der Waals surface area contributed by atoms with Gasteiger partial charge in [-0.15, -0.1) is 0 Å². The third kappa shape index (κ3) is 6.99. The summed E-state index contributed by atoms with van der Waals surface area (Å²) in [6.07, 6.45) is 0.929. The SMILES string of the molecule is CCOc1cccc(OCC(=O)NCCCN(C)C)c1. The maximum atomic E-state index is 11.6. The first kappa shape index (κ1) is 16.3. The Hall–Kier alpha value is -1.75. The molecule has 1 N–H and O–H groups in total. The topological polar surface area (TPSA) is 50.8 Å². The second kappa shape index (κ2) is 9.20. The zero-order valence-electron chi connectivity index (χ0n) is 12.5. The minimum absolute atomic E-state index is 0.0253. The molecule has 0 atom stereocenters. The van der Waals surface area contributed by atoms with E-state index in [0.717, 1.165) is 18.7 Å². The van der Waals surface area contributed by atoms with Gasteiger partial charge in [-0.2, -0.15) is 0 Å². The van der Waals surface area contributed by atoms with Gasteiger partial charge in [-0.25, -0.2) is 0 Å². The van der Waals surface area contributed by atoms with E-state index in [1.807, 2.05) is 39.2 Å². The molecule has 0 unspecified atom stereocenters. The van der Waals surface area contributed by atoms with Gasteiger partial charge in [0.15, 0.2) is 6.61 Å². The number of nitrogens with zero attached hydrogens (tertiary/aromatic N) is 1. The molecule has 0 aliphatic heterocycles. The number of amides is 1. The smallest absolute Gasteiger partial charge is 0.257 e. The molecule has 0 aliphatic rings. The minimum atomic E-state index is -0.106. The zero-order chi connectivity index (χ0) is 14.8. The molecule has 0 bridgehead atoms. The van der Waals surface area contributed by atoms with E-state index < -0.39 is 0 Å². The van der Waals surface area contributed by atoms with Crippen LogP contribution in [0.1, 0.15) is 13.3 Å². The van der Waals surface area contributed by atoms with Crippen LogP contribution in [0.4, 0.5) is 0 Å². The third-order valence-corrected chi connectivity index (χ3v) is 2.59. The summed E-state index contributed by atoms with van der Waals surface area (Å²) < 4.78 is 10.8. The van der Waals surface area contributed by atoms with Gasteiger partial charge in [0.05, 0.1) is 6.61 Å². The molecular formula is C15H24N2O3. The zero-order valence-corrected chi connectivity index (χ0v) is 12.5. The maximum Gasteiger partial charge on any atom is 0.257 e. The van der Waals surface area contributed by atoms with E-state index in [1.54, 1.807) is 6.07 Å². The molecule has 1 aromatic carbocycles. The van der Waals surface area contributed by atoms with E-state index in [4.69, 9.17) is 9.47 Å². The molecule has 5 nitrogen and oxygen atoms in total. The standard InChI is InChI=1S/C15H24N2O3/c1-4-19-13-7-5-8-14(11-13)20-12-15(18)16-9-6-10-17(2)3/h5,7-8,11H,4,6,9-10,12H2,1-3H3,(H,16,18). The lowest BCUT2D eigenvalue weighted by atomic mass is 10.3. The summed E-state index contributed by atoms with van der Waals surface area (Å²) in [5.41, 5.74) is 0. The Morgan fingerprint density at radius 2 is 1.95 bits per heavy atom. The molecule has 112 valence electrons. The maximum absolute atomic E-state index is 11.6. The van der Waals surface area contributed by atoms with E-state index in [0.29, 0.717) is 18.9 Å². The third-order valence-electron chi connectivity index (χ3n) is 2.59. The highest BCUT2D eigenvalue weighted by Gasteiger charge is 2.03. The summed E-state index contributed by atoms with van der Waals surface area (Å²) in [7, 11) is 4.02. The van der Waals surface area contributed by atoms with Crippen LogP contribution in [0.15, 0.2) is 24.3 Å². The number of hydrogen-bond acceptors (Lipinski definition) is 4. The first-order valence-corrected chi connectivity index (χ1v) is 6.89. The first-order valence-electron chi connectivity index (χ1n) is 6.89. The number of rotatable bonds is 9. The van der Waals surface area contributed by atoms with Gasteiger partial charge in [0.25, 0.3) is 5.91 Å². The van der Waals surface area contributed by atoms with Crippen molar-refractivity contribution < 1.29 is 14.3 Å². The predicted molar refractivity (Wildman–Crippen MR) is 79.3 cm³/mol. The molecule has 0 fully saturated rings. The van der Waals surface area contributed by atoms with Crippen molar-refractivity contribution in [1.82, 2.24) is 10.2 Å². The van der Waals surface area contributed by atoms with Gasteiger partial charge in [0.1, 0.15) is 11.5 Å². The van der Waals surface area contributed by atoms with E-state index in [9.17, 15) is 4.79 Å². The van der Waals surface area contributed by atoms with Crippen LogP contribution in [0.5, 0.6) is 11.5 Å². The number of carbonyl (C=O) groups excluding carboxylic acids is 1. The van der Waals surface area contributed by atoms with Gasteiger partial charge in [-0.3, -0.25) is 4.79 Å². The minimum Gasteiger partial charge on any atom is -0.494 e. The van der Waals surface area contributed by atoms with Crippen LogP contribution in [0.3, 0.4) is 0 Å². The highest BCUT2D eigenvalue weighted by Crippen LogP contribution is 2.19. The monoisotopic (exact) mass is 280 g/mol. The summed E-state index contributed by atoms with van der Waals surface area (Å²) in [5, 5.41) is 2.83. The summed E-state index contributed by atoms with van der Waals surface area (Å²) in [6, 6.07) is 7.29. The quantitative estimate of drug-likeness (QED) is 0.697. The Labute approximate surface area is 120 Å². The van der Waals surface area contributed by atoms with Crippen LogP contribution in [0, 0.1) is 0 Å². The van der Waals surface area contributed by atoms with E-state index in [2.05, 4.69) is 10.2 Å². The molecule has 0 spiro atoms. The molecule has 0 aliphatic carbocycles. The largest absolute Gasteiger partial charge is 0.494 e. The van der Waals surface area contributed by atoms with Gasteiger partial charge in [0, 0.05) is 12.6 Å². The highest BCUT2D eigenvalue weighted by atomic mass is 16.5. The van der Waals surface area contributed by atoms with E-state index in [1.165, 1.54) is 0 Å². The van der Waals surface area contributed by atoms with Gasteiger partial charge in [-0.1, -0.05) is 6.07 Å². The van der Waals surface area contributed by atoms with Crippen molar-refractivity contribution in [2.24, 2.45) is 0 Å². The molecule has 0 radical (unpaired) electrons. The van der Waals surface area contributed by atoms with Crippen LogP contribution in [-0.4, -0.2) is 51.2 Å². The van der Waals surface area contributed by atoms with Crippen molar-refractivity contribution in [3.05, 3.63) is 24.3 Å². The molecule has 0 aromatic heterocycles. The second-order valence-electron chi connectivity index (χ2n) is 4.70. The lowest BCUT2D eigenvalue weighted by Crippen LogP contribution is -2.31. The summed E-state index contributed by atoms with van der Waals surface area (Å²) in [5.74, 6) is 1.28. The Bertz CT molecular complexity index is 408. The van der Waals surface area contributed by atoms with Crippen molar-refractivity contribution in [2.75, 3.05) is 40.4 Å². The molecule has 0 saturated heterocycles. The van der Waals surface area contributed by atoms with Crippen molar-refractivity contribution >= 4 is 5.91 Å². The van der Waals surface area contributed by atoms with E-state index in [-0.39, 0.29) is 12.5 Å². The molecule has 0 saturated carbocycles. The van der Waals surface area contributed by atoms with Crippen LogP contribution in [-0.2, 0) is 4.79 Å². The molecule has 1 aromatic rings. The van der Waals surface area contributed by atoms with Crippen molar-refractivity contribution in [1.29, 1.82) is 0 Å². The number of nitrogens with one attached hydrogen (secondary N) is 1. The number of carbonyl (C=O) groups is 1. The summed E-state index contributed by atoms with van der Waals surface area (Å²) >= 11 is 0.